The molecule has 25 heavy (non-hydrogen) atoms. The van der Waals surface area contributed by atoms with E-state index in [4.69, 9.17) is 4.74 Å². The largest absolute Gasteiger partial charge is 0.382 e. The minimum atomic E-state index is 0.721. The van der Waals surface area contributed by atoms with E-state index in [-0.39, 0.29) is 0 Å². The van der Waals surface area contributed by atoms with Gasteiger partial charge in [-0.1, -0.05) is 18.9 Å². The van der Waals surface area contributed by atoms with Crippen molar-refractivity contribution in [3.05, 3.63) is 23.9 Å². The lowest BCUT2D eigenvalue weighted by molar-refractivity contribution is 0.145. The number of anilines is 1. The van der Waals surface area contributed by atoms with Crippen molar-refractivity contribution in [3.63, 3.8) is 0 Å². The summed E-state index contributed by atoms with van der Waals surface area (Å²) in [6.07, 6.45) is 8.17. The summed E-state index contributed by atoms with van der Waals surface area (Å²) in [5.41, 5.74) is 1.16. The van der Waals surface area contributed by atoms with E-state index in [1.54, 1.807) is 7.05 Å². The first-order valence-electron chi connectivity index (χ1n) is 9.55. The quantitative estimate of drug-likeness (QED) is 0.430. The topological polar surface area (TPSA) is 61.8 Å². The molecule has 0 atom stereocenters. The number of rotatable bonds is 8. The smallest absolute Gasteiger partial charge is 0.191 e. The van der Waals surface area contributed by atoms with E-state index in [2.05, 4.69) is 37.6 Å². The van der Waals surface area contributed by atoms with Gasteiger partial charge in [0.1, 0.15) is 5.82 Å². The second-order valence-corrected chi connectivity index (χ2v) is 6.33. The maximum atomic E-state index is 5.33. The van der Waals surface area contributed by atoms with Crippen molar-refractivity contribution in [2.45, 2.75) is 45.6 Å². The molecule has 0 unspecified atom stereocenters. The summed E-state index contributed by atoms with van der Waals surface area (Å²) in [5.74, 6) is 1.91. The molecule has 0 aromatic carbocycles. The molecule has 0 spiro atoms. The lowest BCUT2D eigenvalue weighted by Gasteiger charge is -2.21. The van der Waals surface area contributed by atoms with Crippen molar-refractivity contribution in [3.8, 4) is 0 Å². The third-order valence-corrected chi connectivity index (χ3v) is 4.38. The highest BCUT2D eigenvalue weighted by Crippen LogP contribution is 2.17. The van der Waals surface area contributed by atoms with E-state index in [0.29, 0.717) is 0 Å². The van der Waals surface area contributed by atoms with Gasteiger partial charge in [0.05, 0.1) is 0 Å². The lowest BCUT2D eigenvalue weighted by Crippen LogP contribution is -2.37. The highest BCUT2D eigenvalue weighted by atomic mass is 16.5. The SMILES string of the molecule is CCOCCCNC(=NC)NCc1ccc(N2CCCCCC2)nc1. The molecule has 2 rings (SSSR count). The normalized spacial score (nSPS) is 15.8. The van der Waals surface area contributed by atoms with E-state index < -0.39 is 0 Å². The van der Waals surface area contributed by atoms with Crippen LogP contribution in [0.5, 0.6) is 0 Å². The molecule has 0 saturated carbocycles. The molecule has 2 heterocycles. The molecule has 2 N–H and O–H groups in total. The van der Waals surface area contributed by atoms with Gasteiger partial charge in [-0.05, 0) is 37.8 Å². The number of aromatic nitrogens is 1. The summed E-state index contributed by atoms with van der Waals surface area (Å²) in [5, 5.41) is 6.63. The van der Waals surface area contributed by atoms with Crippen molar-refractivity contribution in [2.75, 3.05) is 44.8 Å². The zero-order valence-corrected chi connectivity index (χ0v) is 15.8. The average Bonchev–Trinajstić information content (AvgIpc) is 2.94. The zero-order valence-electron chi connectivity index (χ0n) is 15.8. The van der Waals surface area contributed by atoms with Gasteiger partial charge in [0, 0.05) is 52.6 Å². The Labute approximate surface area is 152 Å². The number of ether oxygens (including phenoxy) is 1. The maximum absolute atomic E-state index is 5.33. The number of pyridine rings is 1. The Morgan fingerprint density at radius 1 is 1.20 bits per heavy atom. The van der Waals surface area contributed by atoms with Gasteiger partial charge in [0.15, 0.2) is 5.96 Å². The van der Waals surface area contributed by atoms with E-state index in [9.17, 15) is 0 Å². The van der Waals surface area contributed by atoms with Crippen molar-refractivity contribution in [2.24, 2.45) is 4.99 Å². The van der Waals surface area contributed by atoms with Gasteiger partial charge < -0.3 is 20.3 Å². The fraction of sp³-hybridized carbons (Fsp3) is 0.684. The molecule has 6 heteroatoms. The molecule has 1 aliphatic heterocycles. The van der Waals surface area contributed by atoms with Crippen LogP contribution in [0.15, 0.2) is 23.3 Å². The Hall–Kier alpha value is -1.82. The zero-order chi connectivity index (χ0) is 17.7. The van der Waals surface area contributed by atoms with Crippen molar-refractivity contribution >= 4 is 11.8 Å². The first-order chi connectivity index (χ1) is 12.3. The van der Waals surface area contributed by atoms with Gasteiger partial charge in [-0.15, -0.1) is 0 Å². The van der Waals surface area contributed by atoms with Crippen LogP contribution < -0.4 is 15.5 Å². The minimum Gasteiger partial charge on any atom is -0.382 e. The van der Waals surface area contributed by atoms with Gasteiger partial charge in [-0.3, -0.25) is 4.99 Å². The van der Waals surface area contributed by atoms with Gasteiger partial charge in [0.2, 0.25) is 0 Å². The monoisotopic (exact) mass is 347 g/mol. The third kappa shape index (κ3) is 7.30. The van der Waals surface area contributed by atoms with E-state index in [0.717, 1.165) is 63.2 Å². The molecule has 1 aromatic heterocycles. The van der Waals surface area contributed by atoms with E-state index in [1.165, 1.54) is 25.7 Å². The Balaban J connectivity index is 1.74. The molecule has 0 radical (unpaired) electrons. The number of guanidine groups is 1. The average molecular weight is 348 g/mol. The number of hydrogen-bond acceptors (Lipinski definition) is 4. The predicted octanol–water partition coefficient (Wildman–Crippen LogP) is 2.55. The van der Waals surface area contributed by atoms with Gasteiger partial charge in [0.25, 0.3) is 0 Å². The Morgan fingerprint density at radius 3 is 2.64 bits per heavy atom. The Morgan fingerprint density at radius 2 is 2.00 bits per heavy atom. The summed E-state index contributed by atoms with van der Waals surface area (Å²) >= 11 is 0. The van der Waals surface area contributed by atoms with Crippen LogP contribution in [0.4, 0.5) is 5.82 Å². The van der Waals surface area contributed by atoms with Crippen LogP contribution in [0.25, 0.3) is 0 Å². The second kappa shape index (κ2) is 11.7. The van der Waals surface area contributed by atoms with Crippen LogP contribution in [0.3, 0.4) is 0 Å². The fourth-order valence-electron chi connectivity index (χ4n) is 2.94. The van der Waals surface area contributed by atoms with Crippen molar-refractivity contribution < 1.29 is 4.74 Å². The molecule has 1 fully saturated rings. The summed E-state index contributed by atoms with van der Waals surface area (Å²) in [6, 6.07) is 4.29. The minimum absolute atomic E-state index is 0.721. The lowest BCUT2D eigenvalue weighted by atomic mass is 10.2. The molecule has 1 saturated heterocycles. The van der Waals surface area contributed by atoms with Crippen LogP contribution in [0.1, 0.15) is 44.6 Å². The fourth-order valence-corrected chi connectivity index (χ4v) is 2.94. The second-order valence-electron chi connectivity index (χ2n) is 6.33. The van der Waals surface area contributed by atoms with Gasteiger partial charge in [-0.25, -0.2) is 4.98 Å². The third-order valence-electron chi connectivity index (χ3n) is 4.38. The predicted molar refractivity (Wildman–Crippen MR) is 104 cm³/mol. The van der Waals surface area contributed by atoms with Gasteiger partial charge in [-0.2, -0.15) is 0 Å². The van der Waals surface area contributed by atoms with Crippen LogP contribution in [0.2, 0.25) is 0 Å². The van der Waals surface area contributed by atoms with Gasteiger partial charge >= 0.3 is 0 Å². The van der Waals surface area contributed by atoms with Crippen LogP contribution in [0, 0.1) is 0 Å². The number of nitrogens with one attached hydrogen (secondary N) is 2. The van der Waals surface area contributed by atoms with Crippen molar-refractivity contribution in [1.82, 2.24) is 15.6 Å². The first-order valence-corrected chi connectivity index (χ1v) is 9.55. The summed E-state index contributed by atoms with van der Waals surface area (Å²) in [4.78, 5) is 11.3. The summed E-state index contributed by atoms with van der Waals surface area (Å²) < 4.78 is 5.33. The first kappa shape index (κ1) is 19.5. The molecule has 0 amide bonds. The molecule has 6 nitrogen and oxygen atoms in total. The number of hydrogen-bond donors (Lipinski definition) is 2. The molecular formula is C19H33N5O. The molecule has 0 bridgehead atoms. The Kier molecular flexibility index (Phi) is 9.12. The highest BCUT2D eigenvalue weighted by molar-refractivity contribution is 5.79. The molecular weight excluding hydrogens is 314 g/mol. The standard InChI is InChI=1S/C19H33N5O/c1-3-25-14-8-11-21-19(20-2)23-16-17-9-10-18(22-15-17)24-12-6-4-5-7-13-24/h9-10,15H,3-8,11-14,16H2,1-2H3,(H2,20,21,23). The van der Waals surface area contributed by atoms with Crippen LogP contribution in [-0.2, 0) is 11.3 Å². The molecule has 140 valence electrons. The van der Waals surface area contributed by atoms with Crippen LogP contribution >= 0.6 is 0 Å². The van der Waals surface area contributed by atoms with E-state index in [1.807, 2.05) is 13.1 Å². The molecule has 1 aliphatic rings. The summed E-state index contributed by atoms with van der Waals surface area (Å²) in [6.45, 7) is 7.39. The maximum Gasteiger partial charge on any atom is 0.191 e. The Bertz CT molecular complexity index is 495. The van der Waals surface area contributed by atoms with E-state index >= 15 is 0 Å². The highest BCUT2D eigenvalue weighted by Gasteiger charge is 2.10. The molecule has 0 aliphatic carbocycles. The summed E-state index contributed by atoms with van der Waals surface area (Å²) in [7, 11) is 1.79. The number of nitrogens with zero attached hydrogens (tertiary/aromatic N) is 3. The number of aliphatic imine (C=N–C) groups is 1. The molecule has 1 aromatic rings. The van der Waals surface area contributed by atoms with Crippen molar-refractivity contribution in [1.29, 1.82) is 0 Å². The van der Waals surface area contributed by atoms with Crippen LogP contribution in [-0.4, -0.2) is 50.8 Å².